The maximum atomic E-state index is 12.7. The molecule has 2 aromatic heterocycles. The molecular formula is C19H26N6O. The number of hydrogen-bond acceptors (Lipinski definition) is 5. The minimum absolute atomic E-state index is 0.0391. The second-order valence-electron chi connectivity index (χ2n) is 7.29. The first kappa shape index (κ1) is 17.2. The first-order valence-electron chi connectivity index (χ1n) is 9.38. The fourth-order valence-corrected chi connectivity index (χ4v) is 3.96. The van der Waals surface area contributed by atoms with E-state index in [0.29, 0.717) is 12.5 Å². The van der Waals surface area contributed by atoms with Gasteiger partial charge in [0.2, 0.25) is 5.91 Å². The van der Waals surface area contributed by atoms with Crippen molar-refractivity contribution in [3.8, 4) is 5.82 Å². The molecule has 4 rings (SSSR count). The van der Waals surface area contributed by atoms with Gasteiger partial charge in [0.05, 0.1) is 5.92 Å². The molecule has 0 radical (unpaired) electrons. The largest absolute Gasteiger partial charge is 0.342 e. The van der Waals surface area contributed by atoms with E-state index in [1.807, 2.05) is 28.7 Å². The van der Waals surface area contributed by atoms with Gasteiger partial charge in [-0.05, 0) is 38.8 Å². The maximum Gasteiger partial charge on any atom is 0.228 e. The number of pyridine rings is 1. The van der Waals surface area contributed by atoms with Crippen LogP contribution in [0.15, 0.2) is 30.6 Å². The molecule has 0 aromatic carbocycles. The molecule has 138 valence electrons. The molecule has 4 heterocycles. The monoisotopic (exact) mass is 354 g/mol. The summed E-state index contributed by atoms with van der Waals surface area (Å²) in [7, 11) is 0. The lowest BCUT2D eigenvalue weighted by Crippen LogP contribution is -2.44. The van der Waals surface area contributed by atoms with E-state index in [1.54, 1.807) is 6.20 Å². The van der Waals surface area contributed by atoms with Gasteiger partial charge in [-0.25, -0.2) is 9.97 Å². The smallest absolute Gasteiger partial charge is 0.228 e. The van der Waals surface area contributed by atoms with Crippen molar-refractivity contribution >= 4 is 5.91 Å². The standard InChI is InChI=1S/C19H26N6O/c1-13-16(12-21-23-13)19(26)24-9-6-15(7-10-24)17-4-3-5-18(22-17)25-11-8-20-14(25)2/h3-5,8,11,13,15-16,21,23H,6-7,9-10,12H2,1-2H3. The second-order valence-corrected chi connectivity index (χ2v) is 7.29. The summed E-state index contributed by atoms with van der Waals surface area (Å²) >= 11 is 0. The zero-order valence-corrected chi connectivity index (χ0v) is 15.4. The molecule has 0 saturated carbocycles. The summed E-state index contributed by atoms with van der Waals surface area (Å²) in [6.07, 6.45) is 5.66. The number of nitrogens with zero attached hydrogens (tertiary/aromatic N) is 4. The van der Waals surface area contributed by atoms with Crippen molar-refractivity contribution in [1.82, 2.24) is 30.3 Å². The van der Waals surface area contributed by atoms with Gasteiger partial charge in [-0.15, -0.1) is 0 Å². The summed E-state index contributed by atoms with van der Waals surface area (Å²) in [6, 6.07) is 6.37. The SMILES string of the molecule is Cc1nccn1-c1cccc(C2CCN(C(=O)C3CNNC3C)CC2)n1. The van der Waals surface area contributed by atoms with Crippen LogP contribution in [0.1, 0.15) is 37.2 Å². The van der Waals surface area contributed by atoms with E-state index in [2.05, 4.69) is 34.9 Å². The maximum absolute atomic E-state index is 12.7. The van der Waals surface area contributed by atoms with E-state index < -0.39 is 0 Å². The van der Waals surface area contributed by atoms with Crippen molar-refractivity contribution in [3.63, 3.8) is 0 Å². The number of aryl methyl sites for hydroxylation is 1. The number of likely N-dealkylation sites (tertiary alicyclic amines) is 1. The Morgan fingerprint density at radius 2 is 2.08 bits per heavy atom. The van der Waals surface area contributed by atoms with E-state index >= 15 is 0 Å². The molecule has 2 unspecified atom stereocenters. The van der Waals surface area contributed by atoms with Crippen molar-refractivity contribution in [2.75, 3.05) is 19.6 Å². The molecule has 2 N–H and O–H groups in total. The average molecular weight is 354 g/mol. The Hall–Kier alpha value is -2.25. The highest BCUT2D eigenvalue weighted by atomic mass is 16.2. The van der Waals surface area contributed by atoms with Gasteiger partial charge in [0.15, 0.2) is 0 Å². The van der Waals surface area contributed by atoms with Gasteiger partial charge in [0.25, 0.3) is 0 Å². The summed E-state index contributed by atoms with van der Waals surface area (Å²) in [6.45, 7) is 6.37. The number of hydrazine groups is 1. The number of aromatic nitrogens is 3. The molecule has 2 fully saturated rings. The van der Waals surface area contributed by atoms with Crippen LogP contribution in [0.2, 0.25) is 0 Å². The lowest BCUT2D eigenvalue weighted by Gasteiger charge is -2.34. The quantitative estimate of drug-likeness (QED) is 0.871. The summed E-state index contributed by atoms with van der Waals surface area (Å²) in [5.41, 5.74) is 7.33. The number of carbonyl (C=O) groups excluding carboxylic acids is 1. The van der Waals surface area contributed by atoms with Crippen LogP contribution < -0.4 is 10.9 Å². The number of nitrogens with one attached hydrogen (secondary N) is 2. The molecular weight excluding hydrogens is 328 g/mol. The topological polar surface area (TPSA) is 75.1 Å². The summed E-state index contributed by atoms with van der Waals surface area (Å²) in [4.78, 5) is 23.9. The highest BCUT2D eigenvalue weighted by Gasteiger charge is 2.34. The van der Waals surface area contributed by atoms with Crippen LogP contribution in [0.25, 0.3) is 5.82 Å². The minimum Gasteiger partial charge on any atom is -0.342 e. The first-order valence-corrected chi connectivity index (χ1v) is 9.38. The third-order valence-corrected chi connectivity index (χ3v) is 5.63. The Kier molecular flexibility index (Phi) is 4.74. The van der Waals surface area contributed by atoms with Crippen LogP contribution in [-0.4, -0.2) is 51.0 Å². The van der Waals surface area contributed by atoms with E-state index in [-0.39, 0.29) is 17.9 Å². The molecule has 7 heteroatoms. The van der Waals surface area contributed by atoms with E-state index in [9.17, 15) is 4.79 Å². The Bertz CT molecular complexity index is 780. The number of amides is 1. The Morgan fingerprint density at radius 1 is 1.27 bits per heavy atom. The molecule has 26 heavy (non-hydrogen) atoms. The van der Waals surface area contributed by atoms with Crippen molar-refractivity contribution in [3.05, 3.63) is 42.1 Å². The summed E-state index contributed by atoms with van der Waals surface area (Å²) in [5.74, 6) is 2.55. The lowest BCUT2D eigenvalue weighted by atomic mass is 9.91. The number of rotatable bonds is 3. The zero-order chi connectivity index (χ0) is 18.1. The average Bonchev–Trinajstić information content (AvgIpc) is 3.29. The molecule has 2 aliphatic heterocycles. The van der Waals surface area contributed by atoms with Gasteiger partial charge in [-0.2, -0.15) is 0 Å². The number of carbonyl (C=O) groups is 1. The van der Waals surface area contributed by atoms with Crippen LogP contribution in [0.3, 0.4) is 0 Å². The molecule has 0 aliphatic carbocycles. The third kappa shape index (κ3) is 3.24. The third-order valence-electron chi connectivity index (χ3n) is 5.63. The van der Waals surface area contributed by atoms with E-state index in [0.717, 1.165) is 43.3 Å². The molecule has 0 bridgehead atoms. The highest BCUT2D eigenvalue weighted by molar-refractivity contribution is 5.80. The Labute approximate surface area is 153 Å². The van der Waals surface area contributed by atoms with Crippen LogP contribution in [0, 0.1) is 12.8 Å². The van der Waals surface area contributed by atoms with Crippen molar-refractivity contribution < 1.29 is 4.79 Å². The molecule has 1 amide bonds. The van der Waals surface area contributed by atoms with Crippen molar-refractivity contribution in [2.24, 2.45) is 5.92 Å². The van der Waals surface area contributed by atoms with Crippen molar-refractivity contribution in [2.45, 2.75) is 38.6 Å². The van der Waals surface area contributed by atoms with Gasteiger partial charge in [0, 0.05) is 49.7 Å². The van der Waals surface area contributed by atoms with E-state index in [1.165, 1.54) is 0 Å². The number of imidazole rings is 1. The van der Waals surface area contributed by atoms with Crippen LogP contribution in [-0.2, 0) is 4.79 Å². The molecule has 2 atom stereocenters. The summed E-state index contributed by atoms with van der Waals surface area (Å²) < 4.78 is 2.00. The van der Waals surface area contributed by atoms with Gasteiger partial charge < -0.3 is 4.90 Å². The summed E-state index contributed by atoms with van der Waals surface area (Å²) in [5, 5.41) is 0. The highest BCUT2D eigenvalue weighted by Crippen LogP contribution is 2.28. The Morgan fingerprint density at radius 3 is 2.73 bits per heavy atom. The van der Waals surface area contributed by atoms with E-state index in [4.69, 9.17) is 4.98 Å². The van der Waals surface area contributed by atoms with Crippen LogP contribution >= 0.6 is 0 Å². The molecule has 0 spiro atoms. The van der Waals surface area contributed by atoms with Gasteiger partial charge in [-0.1, -0.05) is 6.07 Å². The lowest BCUT2D eigenvalue weighted by molar-refractivity contribution is -0.136. The first-order chi connectivity index (χ1) is 12.6. The second kappa shape index (κ2) is 7.17. The predicted molar refractivity (Wildman–Crippen MR) is 98.7 cm³/mol. The number of piperidine rings is 1. The molecule has 2 aromatic rings. The van der Waals surface area contributed by atoms with Crippen molar-refractivity contribution in [1.29, 1.82) is 0 Å². The zero-order valence-electron chi connectivity index (χ0n) is 15.4. The molecule has 7 nitrogen and oxygen atoms in total. The van der Waals surface area contributed by atoms with Crippen LogP contribution in [0.5, 0.6) is 0 Å². The number of hydrogen-bond donors (Lipinski definition) is 2. The molecule has 2 saturated heterocycles. The van der Waals surface area contributed by atoms with Gasteiger partial charge >= 0.3 is 0 Å². The predicted octanol–water partition coefficient (Wildman–Crippen LogP) is 1.39. The molecule has 2 aliphatic rings. The fourth-order valence-electron chi connectivity index (χ4n) is 3.96. The minimum atomic E-state index is 0.0391. The fraction of sp³-hybridized carbons (Fsp3) is 0.526. The Balaban J connectivity index is 1.42. The van der Waals surface area contributed by atoms with Gasteiger partial charge in [-0.3, -0.25) is 20.2 Å². The normalized spacial score (nSPS) is 24.2. The van der Waals surface area contributed by atoms with Crippen LogP contribution in [0.4, 0.5) is 0 Å². The van der Waals surface area contributed by atoms with Gasteiger partial charge in [0.1, 0.15) is 11.6 Å².